The standard InChI is InChI=1S/C18H25FN4O4/c1-18(2,3)10-21-15(16(20)25)17(26)22-13-5-4-11(8-12(13)19)23-6-7-27-9-14(23)24/h4-5,8,15,21H,6-7,9-10H2,1-3H3,(H2,20,25)(H,22,26)/t15-/m1/s1. The number of rotatable bonds is 6. The van der Waals surface area contributed by atoms with Gasteiger partial charge in [0.25, 0.3) is 11.8 Å². The van der Waals surface area contributed by atoms with Gasteiger partial charge in [0, 0.05) is 18.8 Å². The predicted molar refractivity (Wildman–Crippen MR) is 98.6 cm³/mol. The molecule has 2 rings (SSSR count). The summed E-state index contributed by atoms with van der Waals surface area (Å²) in [5.74, 6) is -2.59. The number of hydrogen-bond donors (Lipinski definition) is 3. The number of carbonyl (C=O) groups excluding carboxylic acids is 3. The lowest BCUT2D eigenvalue weighted by molar-refractivity contribution is -0.128. The topological polar surface area (TPSA) is 114 Å². The second-order valence-electron chi connectivity index (χ2n) is 7.53. The first-order valence-electron chi connectivity index (χ1n) is 8.60. The van der Waals surface area contributed by atoms with Gasteiger partial charge in [0.05, 0.1) is 12.3 Å². The Kier molecular flexibility index (Phi) is 6.50. The average Bonchev–Trinajstić information content (AvgIpc) is 2.56. The van der Waals surface area contributed by atoms with Gasteiger partial charge in [-0.2, -0.15) is 0 Å². The molecule has 1 atom stereocenters. The number of halogens is 1. The van der Waals surface area contributed by atoms with E-state index in [9.17, 15) is 18.8 Å². The predicted octanol–water partition coefficient (Wildman–Crippen LogP) is 0.617. The van der Waals surface area contributed by atoms with Crippen LogP contribution in [0.1, 0.15) is 20.8 Å². The van der Waals surface area contributed by atoms with Crippen LogP contribution in [0.5, 0.6) is 0 Å². The monoisotopic (exact) mass is 380 g/mol. The van der Waals surface area contributed by atoms with E-state index in [0.717, 1.165) is 6.07 Å². The molecule has 148 valence electrons. The number of nitrogens with two attached hydrogens (primary N) is 1. The summed E-state index contributed by atoms with van der Waals surface area (Å²) >= 11 is 0. The van der Waals surface area contributed by atoms with Crippen molar-refractivity contribution in [2.75, 3.05) is 36.5 Å². The molecule has 0 saturated carbocycles. The van der Waals surface area contributed by atoms with Crippen LogP contribution in [0.25, 0.3) is 0 Å². The fraction of sp³-hybridized carbons (Fsp3) is 0.500. The molecule has 1 aliphatic heterocycles. The highest BCUT2D eigenvalue weighted by molar-refractivity contribution is 6.09. The van der Waals surface area contributed by atoms with Crippen LogP contribution in [0, 0.1) is 11.2 Å². The van der Waals surface area contributed by atoms with Gasteiger partial charge in [0.2, 0.25) is 5.91 Å². The number of morpholine rings is 1. The first-order chi connectivity index (χ1) is 12.6. The molecule has 8 nitrogen and oxygen atoms in total. The van der Waals surface area contributed by atoms with Gasteiger partial charge in [0.1, 0.15) is 12.4 Å². The quantitative estimate of drug-likeness (QED) is 0.626. The third kappa shape index (κ3) is 5.73. The summed E-state index contributed by atoms with van der Waals surface area (Å²) in [6.45, 7) is 6.80. The Morgan fingerprint density at radius 2 is 2.07 bits per heavy atom. The minimum absolute atomic E-state index is 0.0557. The van der Waals surface area contributed by atoms with Crippen LogP contribution >= 0.6 is 0 Å². The van der Waals surface area contributed by atoms with Crippen LogP contribution in [-0.2, 0) is 19.1 Å². The molecule has 0 spiro atoms. The highest BCUT2D eigenvalue weighted by Crippen LogP contribution is 2.23. The second-order valence-corrected chi connectivity index (χ2v) is 7.53. The normalized spacial score (nSPS) is 16.1. The zero-order chi connectivity index (χ0) is 20.2. The largest absolute Gasteiger partial charge is 0.370 e. The Balaban J connectivity index is 2.10. The number of benzene rings is 1. The van der Waals surface area contributed by atoms with E-state index in [4.69, 9.17) is 10.5 Å². The number of nitrogens with one attached hydrogen (secondary N) is 2. The van der Waals surface area contributed by atoms with Gasteiger partial charge in [-0.3, -0.25) is 19.7 Å². The fourth-order valence-electron chi connectivity index (χ4n) is 2.50. The van der Waals surface area contributed by atoms with Crippen molar-refractivity contribution in [3.63, 3.8) is 0 Å². The third-order valence-electron chi connectivity index (χ3n) is 3.89. The van der Waals surface area contributed by atoms with Crippen molar-refractivity contribution in [3.8, 4) is 0 Å². The Labute approximate surface area is 157 Å². The number of amides is 3. The van der Waals surface area contributed by atoms with E-state index in [-0.39, 0.29) is 23.6 Å². The lowest BCUT2D eigenvalue weighted by atomic mass is 9.96. The Morgan fingerprint density at radius 3 is 2.63 bits per heavy atom. The summed E-state index contributed by atoms with van der Waals surface area (Å²) in [5.41, 5.74) is 5.38. The van der Waals surface area contributed by atoms with E-state index in [1.807, 2.05) is 20.8 Å². The van der Waals surface area contributed by atoms with E-state index in [1.54, 1.807) is 0 Å². The maximum absolute atomic E-state index is 14.4. The van der Waals surface area contributed by atoms with Crippen molar-refractivity contribution in [2.24, 2.45) is 11.1 Å². The Morgan fingerprint density at radius 1 is 1.37 bits per heavy atom. The molecule has 1 aromatic carbocycles. The molecule has 0 aromatic heterocycles. The zero-order valence-corrected chi connectivity index (χ0v) is 15.7. The van der Waals surface area contributed by atoms with E-state index < -0.39 is 23.7 Å². The van der Waals surface area contributed by atoms with Gasteiger partial charge in [-0.1, -0.05) is 20.8 Å². The summed E-state index contributed by atoms with van der Waals surface area (Å²) in [7, 11) is 0. The van der Waals surface area contributed by atoms with E-state index in [0.29, 0.717) is 25.4 Å². The smallest absolute Gasteiger partial charge is 0.253 e. The van der Waals surface area contributed by atoms with Gasteiger partial charge < -0.3 is 20.7 Å². The molecule has 0 radical (unpaired) electrons. The Bertz CT molecular complexity index is 733. The van der Waals surface area contributed by atoms with Crippen LogP contribution in [0.15, 0.2) is 18.2 Å². The minimum Gasteiger partial charge on any atom is -0.370 e. The van der Waals surface area contributed by atoms with E-state index >= 15 is 0 Å². The lowest BCUT2D eigenvalue weighted by Crippen LogP contribution is -2.51. The number of nitrogens with zero attached hydrogens (tertiary/aromatic N) is 1. The first kappa shape index (κ1) is 20.8. The molecule has 0 bridgehead atoms. The number of anilines is 2. The van der Waals surface area contributed by atoms with E-state index in [2.05, 4.69) is 10.6 Å². The molecule has 9 heteroatoms. The van der Waals surface area contributed by atoms with Crippen LogP contribution in [0.3, 0.4) is 0 Å². The van der Waals surface area contributed by atoms with Crippen molar-refractivity contribution in [1.82, 2.24) is 5.32 Å². The maximum atomic E-state index is 14.4. The molecule has 1 saturated heterocycles. The van der Waals surface area contributed by atoms with Gasteiger partial charge in [-0.05, 0) is 23.6 Å². The van der Waals surface area contributed by atoms with Gasteiger partial charge in [0.15, 0.2) is 6.04 Å². The molecule has 27 heavy (non-hydrogen) atoms. The summed E-state index contributed by atoms with van der Waals surface area (Å²) in [6.07, 6.45) is 0. The SMILES string of the molecule is CC(C)(C)CN[C@H](C(N)=O)C(=O)Nc1ccc(N2CCOCC2=O)cc1F. The van der Waals surface area contributed by atoms with Gasteiger partial charge in [-0.25, -0.2) is 4.39 Å². The molecular formula is C18H25FN4O4. The lowest BCUT2D eigenvalue weighted by Gasteiger charge is -2.27. The average molecular weight is 380 g/mol. The molecule has 4 N–H and O–H groups in total. The summed E-state index contributed by atoms with van der Waals surface area (Å²) in [6, 6.07) is 2.72. The molecular weight excluding hydrogens is 355 g/mol. The maximum Gasteiger partial charge on any atom is 0.253 e. The highest BCUT2D eigenvalue weighted by atomic mass is 19.1. The van der Waals surface area contributed by atoms with Crippen LogP contribution in [0.4, 0.5) is 15.8 Å². The molecule has 3 amide bonds. The van der Waals surface area contributed by atoms with Crippen molar-refractivity contribution >= 4 is 29.1 Å². The second kappa shape index (κ2) is 8.45. The van der Waals surface area contributed by atoms with Crippen molar-refractivity contribution in [1.29, 1.82) is 0 Å². The zero-order valence-electron chi connectivity index (χ0n) is 15.7. The van der Waals surface area contributed by atoms with Gasteiger partial charge >= 0.3 is 0 Å². The van der Waals surface area contributed by atoms with Crippen molar-refractivity contribution < 1.29 is 23.5 Å². The van der Waals surface area contributed by atoms with Crippen LogP contribution < -0.4 is 21.3 Å². The van der Waals surface area contributed by atoms with Crippen molar-refractivity contribution in [2.45, 2.75) is 26.8 Å². The minimum atomic E-state index is -1.29. The fourth-order valence-corrected chi connectivity index (χ4v) is 2.50. The number of ether oxygens (including phenoxy) is 1. The van der Waals surface area contributed by atoms with Gasteiger partial charge in [-0.15, -0.1) is 0 Å². The van der Waals surface area contributed by atoms with E-state index in [1.165, 1.54) is 17.0 Å². The number of primary amides is 1. The molecule has 1 aliphatic rings. The summed E-state index contributed by atoms with van der Waals surface area (Å²) in [5, 5.41) is 5.16. The van der Waals surface area contributed by atoms with Crippen LogP contribution in [-0.4, -0.2) is 50.1 Å². The summed E-state index contributed by atoms with van der Waals surface area (Å²) < 4.78 is 19.5. The molecule has 1 aromatic rings. The summed E-state index contributed by atoms with van der Waals surface area (Å²) in [4.78, 5) is 37.2. The highest BCUT2D eigenvalue weighted by Gasteiger charge is 2.27. The molecule has 1 heterocycles. The van der Waals surface area contributed by atoms with Crippen LogP contribution in [0.2, 0.25) is 0 Å². The Hall–Kier alpha value is -2.52. The molecule has 0 unspecified atom stereocenters. The third-order valence-corrected chi connectivity index (χ3v) is 3.89. The number of carbonyl (C=O) groups is 3. The van der Waals surface area contributed by atoms with Crippen molar-refractivity contribution in [3.05, 3.63) is 24.0 Å². The molecule has 1 fully saturated rings. The number of hydrogen-bond acceptors (Lipinski definition) is 5. The molecule has 0 aliphatic carbocycles. The first-order valence-corrected chi connectivity index (χ1v) is 8.60.